The van der Waals surface area contributed by atoms with E-state index >= 15 is 0 Å². The molecule has 1 aliphatic carbocycles. The van der Waals surface area contributed by atoms with Gasteiger partial charge in [0.2, 0.25) is 18.1 Å². The number of nitrogens with one attached hydrogen (secondary N) is 1. The van der Waals surface area contributed by atoms with Crippen LogP contribution in [0.5, 0.6) is 5.88 Å². The maximum absolute atomic E-state index is 13.0. The number of sulfone groups is 1. The standard InChI is InChI=1S/C20H19F3N2O6S2/c21-20(22,23)33(29,30)14-7-5-13(6-8-14)15(9-12-3-1-2-4-12)18(28)25-19-24-16(11-32-19)31-17(27)10-26/h5-8,10-12,15H,1-4,9H2,(H,24,25,28). The Morgan fingerprint density at radius 2 is 1.85 bits per heavy atom. The van der Waals surface area contributed by atoms with E-state index in [0.29, 0.717) is 12.0 Å². The van der Waals surface area contributed by atoms with E-state index in [1.807, 2.05) is 0 Å². The summed E-state index contributed by atoms with van der Waals surface area (Å²) in [4.78, 5) is 37.4. The second-order valence-electron chi connectivity index (χ2n) is 7.48. The van der Waals surface area contributed by atoms with Crippen molar-refractivity contribution < 1.29 is 40.7 Å². The summed E-state index contributed by atoms with van der Waals surface area (Å²) in [6, 6.07) is 4.09. The van der Waals surface area contributed by atoms with Crippen molar-refractivity contribution in [3.63, 3.8) is 0 Å². The predicted molar refractivity (Wildman–Crippen MR) is 111 cm³/mol. The molecule has 0 aliphatic heterocycles. The number of hydrogen-bond donors (Lipinski definition) is 1. The summed E-state index contributed by atoms with van der Waals surface area (Å²) in [5.74, 6) is -2.33. The zero-order valence-electron chi connectivity index (χ0n) is 17.0. The lowest BCUT2D eigenvalue weighted by Gasteiger charge is -2.20. The molecule has 1 aliphatic rings. The number of carbonyl (C=O) groups is 3. The number of aldehydes is 1. The Morgan fingerprint density at radius 3 is 2.42 bits per heavy atom. The molecule has 2 aromatic rings. The van der Waals surface area contributed by atoms with Crippen LogP contribution in [0.25, 0.3) is 0 Å². The smallest absolute Gasteiger partial charge is 0.401 e. The first-order valence-corrected chi connectivity index (χ1v) is 12.2. The van der Waals surface area contributed by atoms with Gasteiger partial charge in [-0.1, -0.05) is 37.8 Å². The molecule has 1 unspecified atom stereocenters. The Balaban J connectivity index is 1.82. The largest absolute Gasteiger partial charge is 0.501 e. The molecule has 1 atom stereocenters. The molecule has 8 nitrogen and oxygen atoms in total. The summed E-state index contributed by atoms with van der Waals surface area (Å²) < 4.78 is 66.3. The lowest BCUT2D eigenvalue weighted by atomic mass is 9.87. The molecule has 1 heterocycles. The Labute approximate surface area is 191 Å². The molecule has 1 fully saturated rings. The van der Waals surface area contributed by atoms with Crippen molar-refractivity contribution in [2.24, 2.45) is 5.92 Å². The fourth-order valence-electron chi connectivity index (χ4n) is 3.67. The maximum atomic E-state index is 13.0. The topological polar surface area (TPSA) is 119 Å². The number of amides is 1. The van der Waals surface area contributed by atoms with E-state index in [2.05, 4.69) is 15.0 Å². The average Bonchev–Trinajstić information content (AvgIpc) is 3.43. The molecule has 0 spiro atoms. The second-order valence-corrected chi connectivity index (χ2v) is 10.3. The summed E-state index contributed by atoms with van der Waals surface area (Å²) in [6.45, 7) is 0. The van der Waals surface area contributed by atoms with Gasteiger partial charge in [0.05, 0.1) is 16.2 Å². The van der Waals surface area contributed by atoms with E-state index in [1.165, 1.54) is 17.5 Å². The Kier molecular flexibility index (Phi) is 7.52. The van der Waals surface area contributed by atoms with Gasteiger partial charge in [-0.25, -0.2) is 13.2 Å². The summed E-state index contributed by atoms with van der Waals surface area (Å²) in [7, 11) is -5.49. The van der Waals surface area contributed by atoms with Gasteiger partial charge in [-0.3, -0.25) is 9.59 Å². The molecule has 1 aromatic carbocycles. The Bertz CT molecular complexity index is 1120. The van der Waals surface area contributed by atoms with Crippen LogP contribution in [-0.2, 0) is 24.2 Å². The number of aromatic nitrogens is 1. The van der Waals surface area contributed by atoms with Gasteiger partial charge in [0.15, 0.2) is 5.13 Å². The van der Waals surface area contributed by atoms with Crippen molar-refractivity contribution in [1.29, 1.82) is 0 Å². The number of hydrogen-bond acceptors (Lipinski definition) is 8. The molecule has 13 heteroatoms. The molecule has 1 N–H and O–H groups in total. The first-order chi connectivity index (χ1) is 15.5. The quantitative estimate of drug-likeness (QED) is 0.329. The summed E-state index contributed by atoms with van der Waals surface area (Å²) in [5, 5.41) is 4.00. The van der Waals surface area contributed by atoms with Crippen molar-refractivity contribution in [2.45, 2.75) is 48.4 Å². The molecular formula is C20H19F3N2O6S2. The van der Waals surface area contributed by atoms with Crippen LogP contribution in [0.1, 0.15) is 43.6 Å². The molecule has 1 aromatic heterocycles. The molecule has 0 bridgehead atoms. The predicted octanol–water partition coefficient (Wildman–Crippen LogP) is 3.84. The fourth-order valence-corrected chi connectivity index (χ4v) is 5.05. The lowest BCUT2D eigenvalue weighted by Crippen LogP contribution is -2.24. The minimum atomic E-state index is -5.49. The molecule has 3 rings (SSSR count). The number of halogens is 3. The van der Waals surface area contributed by atoms with Gasteiger partial charge in [0.1, 0.15) is 0 Å². The number of alkyl halides is 3. The van der Waals surface area contributed by atoms with Gasteiger partial charge in [-0.05, 0) is 30.0 Å². The zero-order valence-corrected chi connectivity index (χ0v) is 18.6. The van der Waals surface area contributed by atoms with E-state index in [9.17, 15) is 36.0 Å². The van der Waals surface area contributed by atoms with Gasteiger partial charge in [0.25, 0.3) is 9.84 Å². The van der Waals surface area contributed by atoms with Crippen molar-refractivity contribution in [3.05, 3.63) is 35.2 Å². The van der Waals surface area contributed by atoms with Gasteiger partial charge in [-0.2, -0.15) is 18.2 Å². The van der Waals surface area contributed by atoms with E-state index in [4.69, 9.17) is 0 Å². The Hall–Kier alpha value is -2.80. The summed E-state index contributed by atoms with van der Waals surface area (Å²) in [5.41, 5.74) is -5.06. The van der Waals surface area contributed by atoms with Crippen LogP contribution < -0.4 is 10.1 Å². The van der Waals surface area contributed by atoms with Crippen LogP contribution in [-0.4, -0.2) is 37.1 Å². The minimum absolute atomic E-state index is 0.0299. The molecule has 33 heavy (non-hydrogen) atoms. The number of anilines is 1. The van der Waals surface area contributed by atoms with E-state index in [-0.39, 0.29) is 23.2 Å². The van der Waals surface area contributed by atoms with Crippen LogP contribution in [0.3, 0.4) is 0 Å². The van der Waals surface area contributed by atoms with Gasteiger partial charge in [-0.15, -0.1) is 11.3 Å². The highest BCUT2D eigenvalue weighted by Gasteiger charge is 2.46. The fraction of sp³-hybridized carbons (Fsp3) is 0.400. The second kappa shape index (κ2) is 10.00. The first-order valence-electron chi connectivity index (χ1n) is 9.86. The normalized spacial score (nSPS) is 15.7. The minimum Gasteiger partial charge on any atom is -0.401 e. The van der Waals surface area contributed by atoms with Crippen LogP contribution >= 0.6 is 11.3 Å². The number of nitrogens with zero attached hydrogens (tertiary/aromatic N) is 1. The number of carbonyl (C=O) groups excluding carboxylic acids is 3. The van der Waals surface area contributed by atoms with Crippen molar-refractivity contribution in [2.75, 3.05) is 5.32 Å². The third-order valence-electron chi connectivity index (χ3n) is 5.27. The SMILES string of the molecule is O=CC(=O)Oc1csc(NC(=O)C(CC2CCCC2)c2ccc(S(=O)(=O)C(F)(F)F)cc2)n1. The summed E-state index contributed by atoms with van der Waals surface area (Å²) in [6.07, 6.45) is 4.24. The number of rotatable bonds is 8. The number of esters is 1. The van der Waals surface area contributed by atoms with E-state index in [1.54, 1.807) is 0 Å². The van der Waals surface area contributed by atoms with Crippen LogP contribution in [0.4, 0.5) is 18.3 Å². The highest BCUT2D eigenvalue weighted by molar-refractivity contribution is 7.92. The molecule has 1 saturated carbocycles. The lowest BCUT2D eigenvalue weighted by molar-refractivity contribution is -0.141. The third kappa shape index (κ3) is 5.96. The molecule has 0 radical (unpaired) electrons. The van der Waals surface area contributed by atoms with Crippen molar-refractivity contribution >= 4 is 44.5 Å². The third-order valence-corrected chi connectivity index (χ3v) is 7.51. The van der Waals surface area contributed by atoms with Gasteiger partial charge < -0.3 is 10.1 Å². The molecule has 178 valence electrons. The van der Waals surface area contributed by atoms with E-state index < -0.39 is 38.0 Å². The highest BCUT2D eigenvalue weighted by atomic mass is 32.2. The highest BCUT2D eigenvalue weighted by Crippen LogP contribution is 2.36. The van der Waals surface area contributed by atoms with Crippen LogP contribution in [0, 0.1) is 5.92 Å². The summed E-state index contributed by atoms with van der Waals surface area (Å²) >= 11 is 0.954. The zero-order chi connectivity index (χ0) is 24.2. The Morgan fingerprint density at radius 1 is 1.21 bits per heavy atom. The maximum Gasteiger partial charge on any atom is 0.501 e. The van der Waals surface area contributed by atoms with Crippen molar-refractivity contribution in [3.8, 4) is 5.88 Å². The van der Waals surface area contributed by atoms with E-state index in [0.717, 1.165) is 49.2 Å². The first kappa shape index (κ1) is 24.8. The number of ether oxygens (including phenoxy) is 1. The molecule has 1 amide bonds. The van der Waals surface area contributed by atoms with Crippen molar-refractivity contribution in [1.82, 2.24) is 4.98 Å². The monoisotopic (exact) mass is 504 g/mol. The number of thiazole rings is 1. The van der Waals surface area contributed by atoms with Gasteiger partial charge in [0, 0.05) is 0 Å². The average molecular weight is 505 g/mol. The number of benzene rings is 1. The molecule has 0 saturated heterocycles. The molecular weight excluding hydrogens is 485 g/mol. The van der Waals surface area contributed by atoms with Gasteiger partial charge >= 0.3 is 11.5 Å². The van der Waals surface area contributed by atoms with Crippen LogP contribution in [0.2, 0.25) is 0 Å². The van der Waals surface area contributed by atoms with Crippen LogP contribution in [0.15, 0.2) is 34.5 Å².